The molecule has 1 saturated heterocycles. The van der Waals surface area contributed by atoms with E-state index in [0.717, 1.165) is 30.5 Å². The summed E-state index contributed by atoms with van der Waals surface area (Å²) >= 11 is 1.36. The van der Waals surface area contributed by atoms with Crippen molar-refractivity contribution in [3.8, 4) is 10.6 Å². The minimum absolute atomic E-state index is 0.0837. The third-order valence-electron chi connectivity index (χ3n) is 6.75. The first kappa shape index (κ1) is 26.1. The van der Waals surface area contributed by atoms with Crippen molar-refractivity contribution in [3.05, 3.63) is 47.0 Å². The van der Waals surface area contributed by atoms with Crippen LogP contribution in [0.15, 0.2) is 29.9 Å². The Morgan fingerprint density at radius 3 is 2.76 bits per heavy atom. The molecule has 0 aromatic carbocycles. The summed E-state index contributed by atoms with van der Waals surface area (Å²) in [6.07, 6.45) is 7.06. The molecule has 3 aromatic heterocycles. The Morgan fingerprint density at radius 1 is 1.18 bits per heavy atom. The zero-order chi connectivity index (χ0) is 26.5. The summed E-state index contributed by atoms with van der Waals surface area (Å²) in [4.78, 5) is 48.7. The highest BCUT2D eigenvalue weighted by molar-refractivity contribution is 7.13. The van der Waals surface area contributed by atoms with E-state index in [1.807, 2.05) is 17.0 Å². The number of amides is 1. The normalized spacial score (nSPS) is 18.3. The van der Waals surface area contributed by atoms with Gasteiger partial charge < -0.3 is 15.2 Å². The number of hydrogen-bond donors (Lipinski definition) is 2. The number of carbonyl (C=O) groups is 3. The van der Waals surface area contributed by atoms with E-state index >= 15 is 0 Å². The summed E-state index contributed by atoms with van der Waals surface area (Å²) in [6.45, 7) is 2.19. The molecule has 200 valence electrons. The van der Waals surface area contributed by atoms with E-state index in [4.69, 9.17) is 4.74 Å². The number of carbonyl (C=O) groups excluding carboxylic acids is 2. The summed E-state index contributed by atoms with van der Waals surface area (Å²) in [5.74, 6) is -1.50. The van der Waals surface area contributed by atoms with Gasteiger partial charge in [-0.05, 0) is 57.3 Å². The van der Waals surface area contributed by atoms with E-state index in [-0.39, 0.29) is 36.2 Å². The summed E-state index contributed by atoms with van der Waals surface area (Å²) in [5, 5.41) is 19.2. The lowest BCUT2D eigenvalue weighted by molar-refractivity contribution is -0.138. The number of nitrogens with one attached hydrogen (secondary N) is 1. The Kier molecular flexibility index (Phi) is 8.20. The zero-order valence-corrected chi connectivity index (χ0v) is 21.8. The second-order valence-electron chi connectivity index (χ2n) is 9.54. The van der Waals surface area contributed by atoms with Gasteiger partial charge in [0.25, 0.3) is 5.91 Å². The van der Waals surface area contributed by atoms with Crippen LogP contribution in [0.3, 0.4) is 0 Å². The minimum atomic E-state index is -0.904. The number of aliphatic carboxylic acids is 1. The van der Waals surface area contributed by atoms with Gasteiger partial charge in [-0.25, -0.2) is 4.98 Å². The maximum absolute atomic E-state index is 13.3. The lowest BCUT2D eigenvalue weighted by Gasteiger charge is -2.22. The third kappa shape index (κ3) is 6.32. The van der Waals surface area contributed by atoms with Gasteiger partial charge in [0.05, 0.1) is 18.3 Å². The maximum Gasteiger partial charge on any atom is 0.317 e. The van der Waals surface area contributed by atoms with Crippen LogP contribution in [0.25, 0.3) is 10.6 Å². The molecular formula is C26H30N6O5S. The number of carboxylic acids is 1. The van der Waals surface area contributed by atoms with Crippen molar-refractivity contribution in [2.24, 2.45) is 0 Å². The molecule has 3 aromatic rings. The molecule has 0 saturated carbocycles. The Labute approximate surface area is 223 Å². The van der Waals surface area contributed by atoms with Crippen molar-refractivity contribution < 1.29 is 24.2 Å². The highest BCUT2D eigenvalue weighted by Crippen LogP contribution is 2.27. The average Bonchev–Trinajstić information content (AvgIpc) is 3.57. The predicted octanol–water partition coefficient (Wildman–Crippen LogP) is 3.30. The minimum Gasteiger partial charge on any atom is -0.480 e. The van der Waals surface area contributed by atoms with Gasteiger partial charge in [0, 0.05) is 48.7 Å². The van der Waals surface area contributed by atoms with Crippen molar-refractivity contribution >= 4 is 34.7 Å². The van der Waals surface area contributed by atoms with Gasteiger partial charge >= 0.3 is 5.97 Å². The molecule has 5 rings (SSSR count). The number of thiazole rings is 1. The SMILES string of the molecule is O=C(O)CN1CCCC(=O)c2nn(C3CCOCC3)cc2NC(=O)c2csc(n2)-c2ccnc(c2)CCC1. The molecule has 2 aliphatic heterocycles. The number of Topliss-reactive ketones (excluding diaryl/α,β-unsaturated/α-hetero) is 1. The van der Waals surface area contributed by atoms with Crippen LogP contribution >= 0.6 is 11.3 Å². The molecule has 5 heterocycles. The van der Waals surface area contributed by atoms with Crippen molar-refractivity contribution in [2.45, 2.75) is 44.6 Å². The molecule has 4 bridgehead atoms. The molecule has 0 radical (unpaired) electrons. The summed E-state index contributed by atoms with van der Waals surface area (Å²) in [6, 6.07) is 3.90. The fourth-order valence-electron chi connectivity index (χ4n) is 4.80. The van der Waals surface area contributed by atoms with Gasteiger partial charge in [0.1, 0.15) is 10.7 Å². The van der Waals surface area contributed by atoms with Crippen LogP contribution in [0.4, 0.5) is 5.69 Å². The average molecular weight is 539 g/mol. The second kappa shape index (κ2) is 11.9. The van der Waals surface area contributed by atoms with Crippen LogP contribution in [0, 0.1) is 0 Å². The van der Waals surface area contributed by atoms with Crippen LogP contribution in [0.5, 0.6) is 0 Å². The van der Waals surface area contributed by atoms with Gasteiger partial charge in [-0.15, -0.1) is 11.3 Å². The number of nitrogens with zero attached hydrogens (tertiary/aromatic N) is 5. The Bertz CT molecular complexity index is 1310. The standard InChI is InChI=1S/C26H30N6O5S/c33-22-4-2-10-31(15-23(34)35)9-1-3-18-13-17(5-8-27-18)26-29-21(16-38-26)25(36)28-20-14-32(30-24(20)22)19-6-11-37-12-7-19/h5,8,13-14,16,19H,1-4,6-7,9-12,15H2,(H,28,36)(H,34,35). The fourth-order valence-corrected chi connectivity index (χ4v) is 5.59. The van der Waals surface area contributed by atoms with Crippen LogP contribution in [-0.4, -0.2) is 80.3 Å². The van der Waals surface area contributed by atoms with Crippen LogP contribution in [0.1, 0.15) is 64.8 Å². The summed E-state index contributed by atoms with van der Waals surface area (Å²) in [7, 11) is 0. The molecule has 0 aliphatic carbocycles. The predicted molar refractivity (Wildman–Crippen MR) is 141 cm³/mol. The van der Waals surface area contributed by atoms with E-state index in [9.17, 15) is 19.5 Å². The number of aromatic nitrogens is 4. The van der Waals surface area contributed by atoms with Gasteiger partial charge in [-0.3, -0.25) is 28.9 Å². The van der Waals surface area contributed by atoms with Crippen molar-refractivity contribution in [3.63, 3.8) is 0 Å². The van der Waals surface area contributed by atoms with Crippen molar-refractivity contribution in [2.75, 3.05) is 38.2 Å². The Hall–Kier alpha value is -3.48. The quantitative estimate of drug-likeness (QED) is 0.514. The largest absolute Gasteiger partial charge is 0.480 e. The number of hydrogen-bond acceptors (Lipinski definition) is 9. The number of aryl methyl sites for hydroxylation is 1. The first-order valence-corrected chi connectivity index (χ1v) is 13.7. The van der Waals surface area contributed by atoms with E-state index in [1.54, 1.807) is 22.5 Å². The number of rotatable bonds is 3. The number of anilines is 1. The Balaban J connectivity index is 1.45. The molecule has 38 heavy (non-hydrogen) atoms. The fraction of sp³-hybridized carbons (Fsp3) is 0.462. The second-order valence-corrected chi connectivity index (χ2v) is 10.4. The molecule has 0 atom stereocenters. The highest BCUT2D eigenvalue weighted by Gasteiger charge is 2.25. The van der Waals surface area contributed by atoms with E-state index < -0.39 is 11.9 Å². The van der Waals surface area contributed by atoms with Gasteiger partial charge in [-0.2, -0.15) is 5.10 Å². The monoisotopic (exact) mass is 538 g/mol. The van der Waals surface area contributed by atoms with E-state index in [1.165, 1.54) is 11.3 Å². The van der Waals surface area contributed by atoms with Crippen molar-refractivity contribution in [1.82, 2.24) is 24.6 Å². The molecule has 11 nitrogen and oxygen atoms in total. The lowest BCUT2D eigenvalue weighted by atomic mass is 10.1. The molecular weight excluding hydrogens is 508 g/mol. The number of fused-ring (bicyclic) bond motifs is 6. The van der Waals surface area contributed by atoms with Gasteiger partial charge in [0.15, 0.2) is 11.5 Å². The number of ketones is 1. The number of carboxylic acid groups (broad SMARTS) is 1. The van der Waals surface area contributed by atoms with Gasteiger partial charge in [-0.1, -0.05) is 0 Å². The molecule has 1 fully saturated rings. The van der Waals surface area contributed by atoms with Crippen LogP contribution in [0.2, 0.25) is 0 Å². The van der Waals surface area contributed by atoms with E-state index in [0.29, 0.717) is 49.8 Å². The smallest absolute Gasteiger partial charge is 0.317 e. The lowest BCUT2D eigenvalue weighted by Crippen LogP contribution is -2.32. The van der Waals surface area contributed by atoms with Gasteiger partial charge in [0.2, 0.25) is 0 Å². The maximum atomic E-state index is 13.3. The molecule has 1 amide bonds. The molecule has 0 spiro atoms. The number of pyridine rings is 1. The Morgan fingerprint density at radius 2 is 1.97 bits per heavy atom. The zero-order valence-electron chi connectivity index (χ0n) is 21.0. The molecule has 2 N–H and O–H groups in total. The topological polar surface area (TPSA) is 140 Å². The molecule has 12 heteroatoms. The van der Waals surface area contributed by atoms with E-state index in [2.05, 4.69) is 20.4 Å². The third-order valence-corrected chi connectivity index (χ3v) is 7.65. The summed E-state index contributed by atoms with van der Waals surface area (Å²) in [5.41, 5.74) is 2.58. The first-order valence-electron chi connectivity index (χ1n) is 12.8. The molecule has 0 unspecified atom stereocenters. The highest BCUT2D eigenvalue weighted by atomic mass is 32.1. The molecule has 2 aliphatic rings. The number of ether oxygens (including phenoxy) is 1. The van der Waals surface area contributed by atoms with Crippen molar-refractivity contribution in [1.29, 1.82) is 0 Å². The van der Waals surface area contributed by atoms with Crippen LogP contribution < -0.4 is 5.32 Å². The first-order chi connectivity index (χ1) is 18.5. The summed E-state index contributed by atoms with van der Waals surface area (Å²) < 4.78 is 7.22. The van der Waals surface area contributed by atoms with Crippen LogP contribution in [-0.2, 0) is 16.0 Å².